The van der Waals surface area contributed by atoms with Crippen LogP contribution in [0.1, 0.15) is 41.5 Å². The van der Waals surface area contributed by atoms with Gasteiger partial charge in [-0.15, -0.1) is 0 Å². The summed E-state index contributed by atoms with van der Waals surface area (Å²) in [5, 5.41) is 0. The van der Waals surface area contributed by atoms with Gasteiger partial charge in [0.15, 0.2) is 17.7 Å². The minimum absolute atomic E-state index is 0.332. The van der Waals surface area contributed by atoms with Gasteiger partial charge in [0.2, 0.25) is 5.79 Å². The van der Waals surface area contributed by atoms with Gasteiger partial charge in [0.1, 0.15) is 18.3 Å². The quantitative estimate of drug-likeness (QED) is 0.712. The van der Waals surface area contributed by atoms with Crippen molar-refractivity contribution in [3.8, 4) is 0 Å². The van der Waals surface area contributed by atoms with E-state index < -0.39 is 41.6 Å². The molecule has 0 aromatic heterocycles. The Morgan fingerprint density at radius 1 is 0.818 bits per heavy atom. The van der Waals surface area contributed by atoms with E-state index in [1.807, 2.05) is 13.8 Å². The molecule has 0 aliphatic carbocycles. The Balaban J connectivity index is 1.81. The summed E-state index contributed by atoms with van der Waals surface area (Å²) in [4.78, 5) is 12.1. The highest BCUT2D eigenvalue weighted by Gasteiger charge is 2.57. The number of carbonyl (C=O) groups excluding carboxylic acids is 1. The maximum Gasteiger partial charge on any atom is 0.340 e. The van der Waals surface area contributed by atoms with Gasteiger partial charge in [0.05, 0.1) is 6.61 Å². The van der Waals surface area contributed by atoms with Gasteiger partial charge < -0.3 is 28.4 Å². The number of hydrogen-bond donors (Lipinski definition) is 0. The number of esters is 1. The Morgan fingerprint density at radius 2 is 1.45 bits per heavy atom. The highest BCUT2D eigenvalue weighted by Crippen LogP contribution is 2.40. The predicted octanol–water partition coefficient (Wildman–Crippen LogP) is 1.34. The maximum atomic E-state index is 12.1. The third-order valence-corrected chi connectivity index (χ3v) is 3.85. The SMILES string of the molecule is CC1(C)O[C@H]([C@H]2COC(C)(C)O2)[C@@H]([C@H]2OC(C)(C)OC2=O)O1. The molecule has 4 atom stereocenters. The van der Waals surface area contributed by atoms with Crippen LogP contribution in [0.2, 0.25) is 0 Å². The zero-order chi connectivity index (χ0) is 16.3. The average molecular weight is 316 g/mol. The topological polar surface area (TPSA) is 72.5 Å². The lowest BCUT2D eigenvalue weighted by Crippen LogP contribution is -2.46. The van der Waals surface area contributed by atoms with Crippen LogP contribution >= 0.6 is 0 Å². The first-order chi connectivity index (χ1) is 9.98. The summed E-state index contributed by atoms with van der Waals surface area (Å²) in [6.07, 6.45) is -2.24. The van der Waals surface area contributed by atoms with E-state index in [1.165, 1.54) is 0 Å². The van der Waals surface area contributed by atoms with Gasteiger partial charge in [-0.1, -0.05) is 0 Å². The molecule has 0 saturated carbocycles. The van der Waals surface area contributed by atoms with E-state index in [0.29, 0.717) is 6.61 Å². The molecule has 3 saturated heterocycles. The third kappa shape index (κ3) is 3.00. The van der Waals surface area contributed by atoms with Crippen molar-refractivity contribution in [2.24, 2.45) is 0 Å². The molecule has 126 valence electrons. The van der Waals surface area contributed by atoms with Gasteiger partial charge in [-0.3, -0.25) is 0 Å². The van der Waals surface area contributed by atoms with E-state index in [4.69, 9.17) is 28.4 Å². The first kappa shape index (κ1) is 16.1. The molecule has 3 heterocycles. The number of hydrogen-bond acceptors (Lipinski definition) is 7. The van der Waals surface area contributed by atoms with Crippen molar-refractivity contribution in [3.63, 3.8) is 0 Å². The van der Waals surface area contributed by atoms with Gasteiger partial charge in [0, 0.05) is 13.8 Å². The van der Waals surface area contributed by atoms with Gasteiger partial charge in [-0.05, 0) is 27.7 Å². The molecule has 3 aliphatic rings. The van der Waals surface area contributed by atoms with Crippen molar-refractivity contribution in [1.82, 2.24) is 0 Å². The molecule has 7 nitrogen and oxygen atoms in total. The molecule has 3 fully saturated rings. The van der Waals surface area contributed by atoms with E-state index in [2.05, 4.69) is 0 Å². The molecule has 3 aliphatic heterocycles. The first-order valence-corrected chi connectivity index (χ1v) is 7.56. The zero-order valence-corrected chi connectivity index (χ0v) is 13.9. The Bertz CT molecular complexity index is 471. The molecule has 7 heteroatoms. The molecule has 0 unspecified atom stereocenters. The number of cyclic esters (lactones) is 1. The summed E-state index contributed by atoms with van der Waals surface area (Å²) in [5.41, 5.74) is 0. The molecular weight excluding hydrogens is 292 g/mol. The number of carbonyl (C=O) groups is 1. The normalized spacial score (nSPS) is 42.5. The highest BCUT2D eigenvalue weighted by molar-refractivity contribution is 5.77. The van der Waals surface area contributed by atoms with Crippen LogP contribution in [0.3, 0.4) is 0 Å². The van der Waals surface area contributed by atoms with E-state index in [9.17, 15) is 4.79 Å². The summed E-state index contributed by atoms with van der Waals surface area (Å²) < 4.78 is 34.3. The van der Waals surface area contributed by atoms with E-state index in [0.717, 1.165) is 0 Å². The van der Waals surface area contributed by atoms with Crippen molar-refractivity contribution in [2.75, 3.05) is 6.61 Å². The second kappa shape index (κ2) is 4.88. The minimum atomic E-state index is -0.964. The summed E-state index contributed by atoms with van der Waals surface area (Å²) in [5.74, 6) is -2.92. The lowest BCUT2D eigenvalue weighted by atomic mass is 10.0. The van der Waals surface area contributed by atoms with E-state index in [1.54, 1.807) is 27.7 Å². The van der Waals surface area contributed by atoms with Crippen molar-refractivity contribution in [1.29, 1.82) is 0 Å². The molecule has 0 aromatic carbocycles. The summed E-state index contributed by atoms with van der Waals surface area (Å²) in [6, 6.07) is 0. The highest BCUT2D eigenvalue weighted by atomic mass is 16.8. The Labute approximate surface area is 130 Å². The Morgan fingerprint density at radius 3 is 1.95 bits per heavy atom. The van der Waals surface area contributed by atoms with Crippen LogP contribution in [0.25, 0.3) is 0 Å². The average Bonchev–Trinajstić information content (AvgIpc) is 2.93. The summed E-state index contributed by atoms with van der Waals surface area (Å²) in [7, 11) is 0. The molecule has 22 heavy (non-hydrogen) atoms. The van der Waals surface area contributed by atoms with Gasteiger partial charge in [0.25, 0.3) is 0 Å². The van der Waals surface area contributed by atoms with Crippen LogP contribution < -0.4 is 0 Å². The minimum Gasteiger partial charge on any atom is -0.432 e. The van der Waals surface area contributed by atoms with Crippen LogP contribution in [0.15, 0.2) is 0 Å². The van der Waals surface area contributed by atoms with Crippen LogP contribution in [0.4, 0.5) is 0 Å². The zero-order valence-electron chi connectivity index (χ0n) is 13.9. The smallest absolute Gasteiger partial charge is 0.340 e. The summed E-state index contributed by atoms with van der Waals surface area (Å²) >= 11 is 0. The van der Waals surface area contributed by atoms with Crippen molar-refractivity contribution in [3.05, 3.63) is 0 Å². The van der Waals surface area contributed by atoms with Crippen LogP contribution in [0.5, 0.6) is 0 Å². The molecule has 0 N–H and O–H groups in total. The largest absolute Gasteiger partial charge is 0.432 e. The van der Waals surface area contributed by atoms with Crippen molar-refractivity contribution in [2.45, 2.75) is 83.3 Å². The molecule has 3 rings (SSSR count). The lowest BCUT2D eigenvalue weighted by Gasteiger charge is -2.25. The van der Waals surface area contributed by atoms with Gasteiger partial charge in [-0.2, -0.15) is 0 Å². The van der Waals surface area contributed by atoms with Crippen molar-refractivity contribution >= 4 is 5.97 Å². The van der Waals surface area contributed by atoms with Crippen LogP contribution in [0, 0.1) is 0 Å². The second-order valence-electron chi connectivity index (χ2n) is 7.29. The standard InChI is InChI=1S/C15H24O7/c1-13(2)17-7-8(18-13)9-10(20-14(3,4)19-9)11-12(16)22-15(5,6)21-11/h8-11H,7H2,1-6H3/t8-,9-,10+,11-/m1/s1. The van der Waals surface area contributed by atoms with Crippen LogP contribution in [-0.4, -0.2) is 54.4 Å². The predicted molar refractivity (Wildman–Crippen MR) is 73.8 cm³/mol. The van der Waals surface area contributed by atoms with E-state index in [-0.39, 0.29) is 6.10 Å². The fraction of sp³-hybridized carbons (Fsp3) is 0.933. The Kier molecular flexibility index (Phi) is 3.58. The molecule has 0 aromatic rings. The van der Waals surface area contributed by atoms with Crippen molar-refractivity contribution < 1.29 is 33.2 Å². The maximum absolute atomic E-state index is 12.1. The van der Waals surface area contributed by atoms with Gasteiger partial charge >= 0.3 is 5.97 Å². The molecule has 0 radical (unpaired) electrons. The summed E-state index contributed by atoms with van der Waals surface area (Å²) in [6.45, 7) is 11.0. The third-order valence-electron chi connectivity index (χ3n) is 3.85. The lowest BCUT2D eigenvalue weighted by molar-refractivity contribution is -0.178. The Hall–Kier alpha value is -0.730. The molecule has 0 spiro atoms. The fourth-order valence-corrected chi connectivity index (χ4v) is 3.10. The number of rotatable bonds is 2. The van der Waals surface area contributed by atoms with E-state index >= 15 is 0 Å². The van der Waals surface area contributed by atoms with Crippen LogP contribution in [-0.2, 0) is 33.2 Å². The molecule has 0 bridgehead atoms. The molecular formula is C15H24O7. The fourth-order valence-electron chi connectivity index (χ4n) is 3.10. The second-order valence-corrected chi connectivity index (χ2v) is 7.29. The van der Waals surface area contributed by atoms with Gasteiger partial charge in [-0.25, -0.2) is 4.79 Å². The molecule has 0 amide bonds. The first-order valence-electron chi connectivity index (χ1n) is 7.56. The number of ether oxygens (including phenoxy) is 6. The monoisotopic (exact) mass is 316 g/mol.